The molecule has 176 valence electrons. The van der Waals surface area contributed by atoms with E-state index in [1.54, 1.807) is 54.9 Å². The molecule has 1 aliphatic carbocycles. The second-order valence-corrected chi connectivity index (χ2v) is 9.40. The number of para-hydroxylation sites is 1. The van der Waals surface area contributed by atoms with E-state index >= 15 is 0 Å². The second-order valence-electron chi connectivity index (χ2n) is 7.49. The summed E-state index contributed by atoms with van der Waals surface area (Å²) in [7, 11) is -4.11. The van der Waals surface area contributed by atoms with Crippen molar-refractivity contribution in [1.82, 2.24) is 24.8 Å². The lowest BCUT2D eigenvalue weighted by Crippen LogP contribution is -2.39. The van der Waals surface area contributed by atoms with Crippen LogP contribution in [0.4, 0.5) is 0 Å². The summed E-state index contributed by atoms with van der Waals surface area (Å²) in [5, 5.41) is 17.1. The predicted molar refractivity (Wildman–Crippen MR) is 121 cm³/mol. The van der Waals surface area contributed by atoms with E-state index in [1.165, 1.54) is 16.3 Å². The molecule has 0 bridgehead atoms. The van der Waals surface area contributed by atoms with Gasteiger partial charge in [0.2, 0.25) is 10.0 Å². The third-order valence-corrected chi connectivity index (χ3v) is 6.86. The summed E-state index contributed by atoms with van der Waals surface area (Å²) in [5.41, 5.74) is 2.85. The van der Waals surface area contributed by atoms with Crippen molar-refractivity contribution < 1.29 is 23.2 Å². The number of benzene rings is 2. The van der Waals surface area contributed by atoms with Gasteiger partial charge in [-0.3, -0.25) is 10.0 Å². The van der Waals surface area contributed by atoms with Crippen LogP contribution in [0.25, 0.3) is 5.69 Å². The van der Waals surface area contributed by atoms with E-state index in [9.17, 15) is 13.2 Å². The Labute approximate surface area is 197 Å². The van der Waals surface area contributed by atoms with Crippen LogP contribution >= 0.6 is 12.4 Å². The lowest BCUT2D eigenvalue weighted by molar-refractivity contribution is -0.129. The van der Waals surface area contributed by atoms with Gasteiger partial charge >= 0.3 is 0 Å². The number of amides is 1. The first-order chi connectivity index (χ1) is 15.5. The summed E-state index contributed by atoms with van der Waals surface area (Å²) < 4.78 is 33.7. The minimum Gasteiger partial charge on any atom is -0.492 e. The van der Waals surface area contributed by atoms with Gasteiger partial charge in [-0.05, 0) is 48.6 Å². The van der Waals surface area contributed by atoms with Gasteiger partial charge in [-0.15, -0.1) is 12.4 Å². The topological polar surface area (TPSA) is 127 Å². The largest absolute Gasteiger partial charge is 0.492 e. The van der Waals surface area contributed by atoms with Gasteiger partial charge in [-0.2, -0.15) is 19.3 Å². The zero-order valence-electron chi connectivity index (χ0n) is 17.6. The number of sulfonamides is 1. The van der Waals surface area contributed by atoms with E-state index in [0.29, 0.717) is 23.8 Å². The van der Waals surface area contributed by atoms with Crippen LogP contribution < -0.4 is 10.2 Å². The number of nitrogens with zero attached hydrogens (tertiary/aromatic N) is 4. The lowest BCUT2D eigenvalue weighted by Gasteiger charge is -2.23. The first kappa shape index (κ1) is 24.6. The molecule has 12 heteroatoms. The maximum absolute atomic E-state index is 13.5. The average molecular weight is 494 g/mol. The third kappa shape index (κ3) is 6.08. The van der Waals surface area contributed by atoms with Crippen LogP contribution in [0.15, 0.2) is 65.8 Å². The van der Waals surface area contributed by atoms with Crippen LogP contribution in [-0.4, -0.2) is 52.0 Å². The van der Waals surface area contributed by atoms with Crippen LogP contribution in [0.1, 0.15) is 18.4 Å². The lowest BCUT2D eigenvalue weighted by atomic mass is 10.2. The molecule has 1 aromatic heterocycles. The summed E-state index contributed by atoms with van der Waals surface area (Å²) in [5.74, 6) is -0.152. The molecule has 4 rings (SSSR count). The zero-order chi connectivity index (χ0) is 22.6. The van der Waals surface area contributed by atoms with Gasteiger partial charge in [0, 0.05) is 6.54 Å². The molecule has 0 aliphatic heterocycles. The van der Waals surface area contributed by atoms with Crippen LogP contribution in [-0.2, 0) is 21.4 Å². The van der Waals surface area contributed by atoms with Gasteiger partial charge in [0.25, 0.3) is 5.91 Å². The number of rotatable bonds is 10. The van der Waals surface area contributed by atoms with E-state index in [4.69, 9.17) is 9.94 Å². The highest BCUT2D eigenvalue weighted by Gasteiger charge is 2.30. The van der Waals surface area contributed by atoms with Crippen molar-refractivity contribution in [3.05, 3.63) is 66.5 Å². The number of ether oxygens (including phenoxy) is 1. The first-order valence-corrected chi connectivity index (χ1v) is 11.5. The molecule has 1 saturated carbocycles. The van der Waals surface area contributed by atoms with E-state index in [-0.39, 0.29) is 29.6 Å². The SMILES string of the molecule is Cl.O=C(CN(Cc1ccc(-n2nccn2)cc1)S(=O)(=O)c1ccccc1OCC1CC1)NO. The number of hydrogen-bond acceptors (Lipinski definition) is 7. The van der Waals surface area contributed by atoms with Crippen LogP contribution in [0, 0.1) is 5.92 Å². The van der Waals surface area contributed by atoms with E-state index in [1.807, 2.05) is 0 Å². The van der Waals surface area contributed by atoms with Gasteiger partial charge < -0.3 is 4.74 Å². The summed E-state index contributed by atoms with van der Waals surface area (Å²) in [6.45, 7) is -0.190. The van der Waals surface area contributed by atoms with Gasteiger partial charge in [-0.25, -0.2) is 13.9 Å². The minimum absolute atomic E-state index is 0. The number of hydroxylamine groups is 1. The molecule has 3 aromatic rings. The Morgan fingerprint density at radius 1 is 1.12 bits per heavy atom. The molecule has 1 fully saturated rings. The molecule has 2 aromatic carbocycles. The molecule has 0 saturated heterocycles. The minimum atomic E-state index is -4.11. The first-order valence-electron chi connectivity index (χ1n) is 10.1. The number of hydrogen-bond donors (Lipinski definition) is 2. The van der Waals surface area contributed by atoms with Crippen molar-refractivity contribution in [3.63, 3.8) is 0 Å². The van der Waals surface area contributed by atoms with E-state index in [2.05, 4.69) is 10.2 Å². The standard InChI is InChI=1S/C21H23N5O5S.ClH/c27-21(24-28)14-25(13-16-7-9-18(10-8-16)26-22-11-12-23-26)32(29,30)20-4-2-1-3-19(20)31-15-17-5-6-17;/h1-4,7-12,17,28H,5-6,13-15H2,(H,24,27);1H. The van der Waals surface area contributed by atoms with Crippen molar-refractivity contribution in [2.45, 2.75) is 24.3 Å². The van der Waals surface area contributed by atoms with Crippen molar-refractivity contribution in [1.29, 1.82) is 0 Å². The highest BCUT2D eigenvalue weighted by Crippen LogP contribution is 2.32. The molecule has 33 heavy (non-hydrogen) atoms. The fourth-order valence-corrected chi connectivity index (χ4v) is 4.64. The summed E-state index contributed by atoms with van der Waals surface area (Å²) in [6.07, 6.45) is 5.25. The molecular formula is C21H24ClN5O5S. The van der Waals surface area contributed by atoms with Crippen molar-refractivity contribution in [3.8, 4) is 11.4 Å². The van der Waals surface area contributed by atoms with Crippen molar-refractivity contribution >= 4 is 28.3 Å². The summed E-state index contributed by atoms with van der Waals surface area (Å²) >= 11 is 0. The molecule has 10 nitrogen and oxygen atoms in total. The Hall–Kier alpha value is -2.99. The molecule has 0 spiro atoms. The Bertz CT molecular complexity index is 1170. The molecule has 0 unspecified atom stereocenters. The average Bonchev–Trinajstić information content (AvgIpc) is 3.48. The number of halogens is 1. The smallest absolute Gasteiger partial charge is 0.258 e. The summed E-state index contributed by atoms with van der Waals surface area (Å²) in [4.78, 5) is 13.3. The molecule has 2 N–H and O–H groups in total. The van der Waals surface area contributed by atoms with Crippen LogP contribution in [0.2, 0.25) is 0 Å². The number of carbonyl (C=O) groups is 1. The monoisotopic (exact) mass is 493 g/mol. The van der Waals surface area contributed by atoms with Crippen molar-refractivity contribution in [2.75, 3.05) is 13.2 Å². The van der Waals surface area contributed by atoms with Crippen LogP contribution in [0.5, 0.6) is 5.75 Å². The van der Waals surface area contributed by atoms with Crippen LogP contribution in [0.3, 0.4) is 0 Å². The number of aromatic nitrogens is 3. The fourth-order valence-electron chi connectivity index (χ4n) is 3.12. The maximum Gasteiger partial charge on any atom is 0.258 e. The Morgan fingerprint density at radius 3 is 2.42 bits per heavy atom. The molecule has 0 radical (unpaired) electrons. The Morgan fingerprint density at radius 2 is 1.79 bits per heavy atom. The second kappa shape index (κ2) is 10.8. The number of carbonyl (C=O) groups excluding carboxylic acids is 1. The highest BCUT2D eigenvalue weighted by atomic mass is 35.5. The van der Waals surface area contributed by atoms with Gasteiger partial charge in [0.05, 0.1) is 31.2 Å². The van der Waals surface area contributed by atoms with E-state index < -0.39 is 22.5 Å². The number of nitrogens with one attached hydrogen (secondary N) is 1. The highest BCUT2D eigenvalue weighted by molar-refractivity contribution is 7.89. The molecule has 1 heterocycles. The van der Waals surface area contributed by atoms with E-state index in [0.717, 1.165) is 17.1 Å². The van der Waals surface area contributed by atoms with Crippen molar-refractivity contribution in [2.24, 2.45) is 5.92 Å². The Kier molecular flexibility index (Phi) is 8.03. The summed E-state index contributed by atoms with van der Waals surface area (Å²) in [6, 6.07) is 13.3. The molecule has 1 aliphatic rings. The zero-order valence-corrected chi connectivity index (χ0v) is 19.2. The van der Waals surface area contributed by atoms with Gasteiger partial charge in [-0.1, -0.05) is 24.3 Å². The quantitative estimate of drug-likeness (QED) is 0.327. The van der Waals surface area contributed by atoms with Gasteiger partial charge in [0.1, 0.15) is 10.6 Å². The normalized spacial score (nSPS) is 13.4. The maximum atomic E-state index is 13.5. The fraction of sp³-hybridized carbons (Fsp3) is 0.286. The molecule has 1 amide bonds. The third-order valence-electron chi connectivity index (χ3n) is 5.03. The molecule has 0 atom stereocenters. The predicted octanol–water partition coefficient (Wildman–Crippen LogP) is 2.17. The Balaban J connectivity index is 0.00000306. The molecular weight excluding hydrogens is 470 g/mol. The van der Waals surface area contributed by atoms with Gasteiger partial charge in [0.15, 0.2) is 0 Å².